The maximum absolute atomic E-state index is 4.78. The molecule has 13 rings (SSSR count). The highest BCUT2D eigenvalue weighted by molar-refractivity contribution is 7.26. The lowest BCUT2D eigenvalue weighted by molar-refractivity contribution is 1.07. The van der Waals surface area contributed by atoms with Crippen LogP contribution in [0.1, 0.15) is 0 Å². The Hall–Kier alpha value is -8.06. The molecule has 0 amide bonds. The molecule has 0 bridgehead atoms. The molecule has 4 aromatic heterocycles. The van der Waals surface area contributed by atoms with Crippen molar-refractivity contribution >= 4 is 75.1 Å². The summed E-state index contributed by atoms with van der Waals surface area (Å²) < 4.78 is 9.76. The van der Waals surface area contributed by atoms with Gasteiger partial charge in [-0.1, -0.05) is 158 Å². The van der Waals surface area contributed by atoms with E-state index in [4.69, 9.17) is 10.2 Å². The minimum Gasteiger partial charge on any atom is -0.309 e. The summed E-state index contributed by atoms with van der Waals surface area (Å²) in [5.41, 5.74) is 12.3. The molecule has 290 valence electrons. The zero-order valence-electron chi connectivity index (χ0n) is 33.4. The Balaban J connectivity index is 1.03. The molecule has 0 saturated heterocycles. The van der Waals surface area contributed by atoms with Gasteiger partial charge in [0.05, 0.1) is 39.1 Å². The molecule has 0 unspecified atom stereocenters. The average Bonchev–Trinajstić information content (AvgIpc) is 4.12. The molecule has 0 aliphatic heterocycles. The number of aromatic nitrogens is 5. The van der Waals surface area contributed by atoms with Crippen molar-refractivity contribution in [1.29, 1.82) is 0 Å². The molecule has 6 heteroatoms. The van der Waals surface area contributed by atoms with Gasteiger partial charge in [-0.15, -0.1) is 21.5 Å². The van der Waals surface area contributed by atoms with Crippen LogP contribution in [0, 0.1) is 0 Å². The molecule has 0 fully saturated rings. The van der Waals surface area contributed by atoms with E-state index in [9.17, 15) is 0 Å². The van der Waals surface area contributed by atoms with E-state index in [0.717, 1.165) is 67.4 Å². The van der Waals surface area contributed by atoms with E-state index in [1.807, 2.05) is 47.7 Å². The quantitative estimate of drug-likeness (QED) is 0.168. The Morgan fingerprint density at radius 1 is 0.339 bits per heavy atom. The summed E-state index contributed by atoms with van der Waals surface area (Å²) >= 11 is 1.89. The van der Waals surface area contributed by atoms with Crippen LogP contribution in [0.5, 0.6) is 0 Å². The number of fused-ring (bicyclic) bond motifs is 10. The average molecular weight is 810 g/mol. The van der Waals surface area contributed by atoms with Gasteiger partial charge in [0.1, 0.15) is 0 Å². The predicted molar refractivity (Wildman–Crippen MR) is 259 cm³/mol. The van der Waals surface area contributed by atoms with Crippen molar-refractivity contribution in [3.8, 4) is 51.0 Å². The minimum absolute atomic E-state index is 0.799. The summed E-state index contributed by atoms with van der Waals surface area (Å²) in [6.07, 6.45) is 0. The Bertz CT molecular complexity index is 3810. The van der Waals surface area contributed by atoms with Crippen molar-refractivity contribution in [2.45, 2.75) is 0 Å². The number of rotatable bonds is 6. The van der Waals surface area contributed by atoms with Crippen LogP contribution in [-0.2, 0) is 0 Å². The maximum atomic E-state index is 4.78. The topological polar surface area (TPSA) is 40.6 Å². The zero-order valence-corrected chi connectivity index (χ0v) is 34.2. The molecular formula is C56H35N5S. The number of para-hydroxylation sites is 4. The van der Waals surface area contributed by atoms with Crippen LogP contribution in [0.15, 0.2) is 212 Å². The molecule has 4 heterocycles. The molecule has 0 aliphatic rings. The van der Waals surface area contributed by atoms with Crippen LogP contribution < -0.4 is 0 Å². The molecular weight excluding hydrogens is 775 g/mol. The molecule has 0 N–H and O–H groups in total. The first kappa shape index (κ1) is 34.8. The highest BCUT2D eigenvalue weighted by Gasteiger charge is 2.23. The lowest BCUT2D eigenvalue weighted by Gasteiger charge is -2.18. The SMILES string of the molecule is c1ccc(-c2nnc(-c3ccccc3)n2-c2ccc3c(c2)c2ccccc2n3-c2ccccc2-c2ccccc2-n2c3ccccc3c3c4sc5ccccc5c4ccc32)cc1. The monoisotopic (exact) mass is 809 g/mol. The fraction of sp³-hybridized carbons (Fsp3) is 0. The molecule has 0 aliphatic carbocycles. The fourth-order valence-corrected chi connectivity index (χ4v) is 11.0. The molecule has 13 aromatic rings. The van der Waals surface area contributed by atoms with Crippen molar-refractivity contribution in [1.82, 2.24) is 23.9 Å². The van der Waals surface area contributed by atoms with Gasteiger partial charge in [-0.2, -0.15) is 0 Å². The molecule has 9 aromatic carbocycles. The van der Waals surface area contributed by atoms with Crippen LogP contribution in [0.3, 0.4) is 0 Å². The van der Waals surface area contributed by atoms with Crippen molar-refractivity contribution in [3.63, 3.8) is 0 Å². The second kappa shape index (κ2) is 13.7. The van der Waals surface area contributed by atoms with Crippen molar-refractivity contribution in [2.24, 2.45) is 0 Å². The summed E-state index contributed by atoms with van der Waals surface area (Å²) in [5, 5.41) is 17.1. The molecule has 5 nitrogen and oxygen atoms in total. The van der Waals surface area contributed by atoms with E-state index >= 15 is 0 Å². The van der Waals surface area contributed by atoms with Crippen LogP contribution in [0.4, 0.5) is 0 Å². The summed E-state index contributed by atoms with van der Waals surface area (Å²) in [6, 6.07) is 76.2. The van der Waals surface area contributed by atoms with Crippen LogP contribution in [0.2, 0.25) is 0 Å². The highest BCUT2D eigenvalue weighted by Crippen LogP contribution is 2.45. The molecule has 0 saturated carbocycles. The Morgan fingerprint density at radius 3 is 1.52 bits per heavy atom. The van der Waals surface area contributed by atoms with Gasteiger partial charge in [0.25, 0.3) is 0 Å². The molecule has 62 heavy (non-hydrogen) atoms. The van der Waals surface area contributed by atoms with E-state index < -0.39 is 0 Å². The van der Waals surface area contributed by atoms with Gasteiger partial charge in [0, 0.05) is 64.0 Å². The van der Waals surface area contributed by atoms with Gasteiger partial charge in [-0.3, -0.25) is 4.57 Å². The Morgan fingerprint density at radius 2 is 0.839 bits per heavy atom. The van der Waals surface area contributed by atoms with Crippen molar-refractivity contribution in [3.05, 3.63) is 212 Å². The second-order valence-electron chi connectivity index (χ2n) is 15.8. The number of hydrogen-bond donors (Lipinski definition) is 0. The largest absolute Gasteiger partial charge is 0.309 e. The Labute approximate surface area is 360 Å². The lowest BCUT2D eigenvalue weighted by Crippen LogP contribution is -2.02. The first-order chi connectivity index (χ1) is 30.8. The predicted octanol–water partition coefficient (Wildman–Crippen LogP) is 14.8. The van der Waals surface area contributed by atoms with Crippen molar-refractivity contribution < 1.29 is 0 Å². The van der Waals surface area contributed by atoms with Gasteiger partial charge in [-0.25, -0.2) is 0 Å². The van der Waals surface area contributed by atoms with E-state index in [0.29, 0.717) is 0 Å². The second-order valence-corrected chi connectivity index (χ2v) is 16.8. The minimum atomic E-state index is 0.799. The van der Waals surface area contributed by atoms with Crippen molar-refractivity contribution in [2.75, 3.05) is 0 Å². The van der Waals surface area contributed by atoms with E-state index in [1.54, 1.807) is 0 Å². The third-order valence-corrected chi connectivity index (χ3v) is 13.6. The van der Waals surface area contributed by atoms with Gasteiger partial charge >= 0.3 is 0 Å². The number of hydrogen-bond acceptors (Lipinski definition) is 3. The first-order valence-electron chi connectivity index (χ1n) is 20.9. The molecule has 0 radical (unpaired) electrons. The lowest BCUT2D eigenvalue weighted by atomic mass is 10.0. The summed E-state index contributed by atoms with van der Waals surface area (Å²) in [5.74, 6) is 1.60. The Kier molecular flexibility index (Phi) is 7.71. The number of nitrogens with zero attached hydrogens (tertiary/aromatic N) is 5. The van der Waals surface area contributed by atoms with Crippen LogP contribution in [-0.4, -0.2) is 23.9 Å². The van der Waals surface area contributed by atoms with E-state index in [-0.39, 0.29) is 0 Å². The van der Waals surface area contributed by atoms with Crippen LogP contribution in [0.25, 0.3) is 115 Å². The van der Waals surface area contributed by atoms with Gasteiger partial charge < -0.3 is 9.13 Å². The standard InChI is InChI=1S/C56H35N5S/c1-3-17-36(18-4-1)55-57-58-56(37-19-5-2-6-20-37)59(55)38-31-33-50-45(35-38)41-23-9-14-28-48(41)60(50)46-26-12-7-21-39(46)40-22-8-13-27-47(40)61-49-29-15-10-25-44(49)53-51(61)34-32-43-42-24-11-16-30-52(42)62-54(43)53/h1-35H. The van der Waals surface area contributed by atoms with E-state index in [2.05, 4.69) is 190 Å². The first-order valence-corrected chi connectivity index (χ1v) is 21.7. The zero-order chi connectivity index (χ0) is 40.7. The van der Waals surface area contributed by atoms with Gasteiger partial charge in [0.15, 0.2) is 11.6 Å². The van der Waals surface area contributed by atoms with Crippen LogP contribution >= 0.6 is 11.3 Å². The van der Waals surface area contributed by atoms with Gasteiger partial charge in [0.2, 0.25) is 0 Å². The summed E-state index contributed by atoms with van der Waals surface area (Å²) in [6.45, 7) is 0. The van der Waals surface area contributed by atoms with Gasteiger partial charge in [-0.05, 0) is 54.6 Å². The number of benzene rings is 9. The maximum Gasteiger partial charge on any atom is 0.168 e. The third-order valence-electron chi connectivity index (χ3n) is 12.4. The molecule has 0 atom stereocenters. The summed E-state index contributed by atoms with van der Waals surface area (Å²) in [4.78, 5) is 0. The highest BCUT2D eigenvalue weighted by atomic mass is 32.1. The molecule has 0 spiro atoms. The fourth-order valence-electron chi connectivity index (χ4n) is 9.72. The summed E-state index contributed by atoms with van der Waals surface area (Å²) in [7, 11) is 0. The third kappa shape index (κ3) is 5.14. The number of thiophene rings is 1. The smallest absolute Gasteiger partial charge is 0.168 e. The van der Waals surface area contributed by atoms with E-state index in [1.165, 1.54) is 47.4 Å². The normalized spacial score (nSPS) is 11.9.